The van der Waals surface area contributed by atoms with Crippen molar-refractivity contribution in [1.82, 2.24) is 20.3 Å². The third-order valence-corrected chi connectivity index (χ3v) is 3.88. The molecule has 3 aromatic rings. The molecule has 0 saturated carbocycles. The number of nitrogens with two attached hydrogens (primary N) is 1. The van der Waals surface area contributed by atoms with Gasteiger partial charge in [0.05, 0.1) is 35.3 Å². The van der Waals surface area contributed by atoms with Crippen LogP contribution in [0.3, 0.4) is 0 Å². The van der Waals surface area contributed by atoms with E-state index in [1.165, 1.54) is 0 Å². The van der Waals surface area contributed by atoms with Crippen molar-refractivity contribution in [3.05, 3.63) is 77.4 Å². The zero-order valence-corrected chi connectivity index (χ0v) is 15.2. The predicted molar refractivity (Wildman–Crippen MR) is 106 cm³/mol. The summed E-state index contributed by atoms with van der Waals surface area (Å²) in [6, 6.07) is 16.6. The highest BCUT2D eigenvalue weighted by Gasteiger charge is 2.09. The summed E-state index contributed by atoms with van der Waals surface area (Å²) in [5.41, 5.74) is 17.6. The largest absolute Gasteiger partial charge is 0.383 e. The molecule has 0 bridgehead atoms. The number of anilines is 1. The van der Waals surface area contributed by atoms with Gasteiger partial charge in [0, 0.05) is 17.5 Å². The van der Waals surface area contributed by atoms with E-state index in [9.17, 15) is 0 Å². The number of pyridine rings is 1. The minimum atomic E-state index is 0.0600. The van der Waals surface area contributed by atoms with Gasteiger partial charge in [-0.05, 0) is 37.3 Å². The predicted octanol–water partition coefficient (Wildman–Crippen LogP) is 3.42. The van der Waals surface area contributed by atoms with Crippen molar-refractivity contribution < 1.29 is 0 Å². The number of nitrogen functional groups attached to an aromatic ring is 1. The monoisotopic (exact) mass is 370 g/mol. The molecule has 2 aromatic heterocycles. The molecule has 28 heavy (non-hydrogen) atoms. The Morgan fingerprint density at radius 2 is 2.04 bits per heavy atom. The highest BCUT2D eigenvalue weighted by atomic mass is 15.1. The molecular weight excluding hydrogens is 352 g/mol. The van der Waals surface area contributed by atoms with Crippen LogP contribution in [-0.4, -0.2) is 15.0 Å². The van der Waals surface area contributed by atoms with E-state index in [1.807, 2.05) is 31.2 Å². The van der Waals surface area contributed by atoms with Crippen LogP contribution in [0.15, 0.2) is 59.8 Å². The molecule has 8 nitrogen and oxygen atoms in total. The van der Waals surface area contributed by atoms with Crippen LogP contribution < -0.4 is 11.1 Å². The van der Waals surface area contributed by atoms with Crippen molar-refractivity contribution in [3.8, 4) is 17.3 Å². The Morgan fingerprint density at radius 1 is 1.21 bits per heavy atom. The van der Waals surface area contributed by atoms with Crippen molar-refractivity contribution in [2.75, 3.05) is 5.73 Å². The normalized spacial score (nSPS) is 10.9. The van der Waals surface area contributed by atoms with Gasteiger partial charge in [0.25, 0.3) is 0 Å². The molecule has 1 aromatic carbocycles. The van der Waals surface area contributed by atoms with Crippen molar-refractivity contribution in [1.29, 1.82) is 10.8 Å². The third kappa shape index (κ3) is 4.53. The van der Waals surface area contributed by atoms with Gasteiger partial charge in [0.15, 0.2) is 0 Å². The molecule has 0 unspecified atom stereocenters. The minimum Gasteiger partial charge on any atom is -0.383 e. The summed E-state index contributed by atoms with van der Waals surface area (Å²) in [6.45, 7) is 2.41. The summed E-state index contributed by atoms with van der Waals surface area (Å²) in [7, 11) is 0. The molecule has 0 aliphatic carbocycles. The number of hydrogen-bond acceptors (Lipinski definition) is 8. The Labute approximate surface area is 162 Å². The molecule has 0 spiro atoms. The Hall–Kier alpha value is -4.12. The molecule has 4 N–H and O–H groups in total. The fourth-order valence-electron chi connectivity index (χ4n) is 2.61. The van der Waals surface area contributed by atoms with Gasteiger partial charge in [-0.15, -0.1) is 0 Å². The molecule has 8 heteroatoms. The standard InChI is InChI=1S/C20H18N8/c1-13-4-2-7-16(25-13)11-24-12-19(28-23)18-9-17(26-20(22)27-18)15-6-3-5-14(8-15)10-21/h2-9,12,23-24H,11H2,1H3,(H2,22,26,27)/b19-12-,28-23?. The number of rotatable bonds is 6. The number of hydrogen-bond donors (Lipinski definition) is 3. The number of aromatic nitrogens is 3. The first kappa shape index (κ1) is 18.7. The van der Waals surface area contributed by atoms with E-state index in [-0.39, 0.29) is 5.95 Å². The van der Waals surface area contributed by atoms with Crippen LogP contribution in [0.4, 0.5) is 5.95 Å². The average molecular weight is 370 g/mol. The van der Waals surface area contributed by atoms with Crippen LogP contribution >= 0.6 is 0 Å². The highest BCUT2D eigenvalue weighted by molar-refractivity contribution is 5.69. The molecule has 0 radical (unpaired) electrons. The van der Waals surface area contributed by atoms with E-state index in [0.29, 0.717) is 29.2 Å². The van der Waals surface area contributed by atoms with Gasteiger partial charge in [0.2, 0.25) is 5.95 Å². The second-order valence-corrected chi connectivity index (χ2v) is 5.98. The lowest BCUT2D eigenvalue weighted by molar-refractivity contribution is 0.827. The lowest BCUT2D eigenvalue weighted by Crippen LogP contribution is -2.08. The second-order valence-electron chi connectivity index (χ2n) is 5.98. The average Bonchev–Trinajstić information content (AvgIpc) is 2.71. The van der Waals surface area contributed by atoms with Gasteiger partial charge in [-0.1, -0.05) is 18.2 Å². The maximum absolute atomic E-state index is 9.08. The van der Waals surface area contributed by atoms with Crippen LogP contribution in [0, 0.1) is 23.8 Å². The first-order valence-corrected chi connectivity index (χ1v) is 8.48. The van der Waals surface area contributed by atoms with Gasteiger partial charge in [0.1, 0.15) is 5.70 Å². The van der Waals surface area contributed by atoms with Crippen molar-refractivity contribution in [2.24, 2.45) is 5.11 Å². The molecular formula is C20H18N8. The van der Waals surface area contributed by atoms with Crippen LogP contribution in [0.2, 0.25) is 0 Å². The fraction of sp³-hybridized carbons (Fsp3) is 0.100. The Morgan fingerprint density at radius 3 is 2.79 bits per heavy atom. The van der Waals surface area contributed by atoms with Gasteiger partial charge in [-0.2, -0.15) is 10.4 Å². The minimum absolute atomic E-state index is 0.0600. The molecule has 0 amide bonds. The fourth-order valence-corrected chi connectivity index (χ4v) is 2.61. The summed E-state index contributed by atoms with van der Waals surface area (Å²) in [5, 5.41) is 15.7. The Kier molecular flexibility index (Phi) is 5.67. The van der Waals surface area contributed by atoms with Crippen molar-refractivity contribution >= 4 is 11.6 Å². The maximum atomic E-state index is 9.08. The van der Waals surface area contributed by atoms with Crippen LogP contribution in [0.5, 0.6) is 0 Å². The molecule has 0 atom stereocenters. The molecule has 138 valence electrons. The molecule has 0 aliphatic heterocycles. The number of benzene rings is 1. The van der Waals surface area contributed by atoms with E-state index in [1.54, 1.807) is 30.5 Å². The summed E-state index contributed by atoms with van der Waals surface area (Å²) >= 11 is 0. The lowest BCUT2D eigenvalue weighted by atomic mass is 10.1. The molecule has 0 aliphatic rings. The first-order valence-electron chi connectivity index (χ1n) is 8.48. The van der Waals surface area contributed by atoms with E-state index < -0.39 is 0 Å². The number of nitriles is 1. The lowest BCUT2D eigenvalue weighted by Gasteiger charge is -2.07. The second kappa shape index (κ2) is 8.51. The zero-order chi connectivity index (χ0) is 19.9. The van der Waals surface area contributed by atoms with Gasteiger partial charge < -0.3 is 11.1 Å². The smallest absolute Gasteiger partial charge is 0.221 e. The molecule has 3 rings (SSSR count). The van der Waals surface area contributed by atoms with E-state index in [0.717, 1.165) is 17.0 Å². The Bertz CT molecular complexity index is 1080. The summed E-state index contributed by atoms with van der Waals surface area (Å²) in [5.74, 6) is 0.0600. The SMILES string of the molecule is Cc1cccc(CN/C=C(\N=N)c2cc(-c3cccc(C#N)c3)nc(N)n2)n1. The van der Waals surface area contributed by atoms with E-state index >= 15 is 0 Å². The van der Waals surface area contributed by atoms with Crippen LogP contribution in [0.1, 0.15) is 22.6 Å². The van der Waals surface area contributed by atoms with Crippen molar-refractivity contribution in [3.63, 3.8) is 0 Å². The molecule has 0 fully saturated rings. The molecule has 2 heterocycles. The number of nitrogens with one attached hydrogen (secondary N) is 2. The highest BCUT2D eigenvalue weighted by Crippen LogP contribution is 2.23. The first-order chi connectivity index (χ1) is 13.6. The zero-order valence-electron chi connectivity index (χ0n) is 15.2. The van der Waals surface area contributed by atoms with Crippen LogP contribution in [0.25, 0.3) is 17.0 Å². The van der Waals surface area contributed by atoms with Gasteiger partial charge in [-0.25, -0.2) is 15.5 Å². The number of aryl methyl sites for hydroxylation is 1. The third-order valence-electron chi connectivity index (χ3n) is 3.88. The summed E-state index contributed by atoms with van der Waals surface area (Å²) in [4.78, 5) is 12.8. The van der Waals surface area contributed by atoms with Gasteiger partial charge >= 0.3 is 0 Å². The van der Waals surface area contributed by atoms with Crippen molar-refractivity contribution in [2.45, 2.75) is 13.5 Å². The molecule has 0 saturated heterocycles. The quantitative estimate of drug-likeness (QED) is 0.569. The summed E-state index contributed by atoms with van der Waals surface area (Å²) < 4.78 is 0. The van der Waals surface area contributed by atoms with E-state index in [4.69, 9.17) is 16.5 Å². The van der Waals surface area contributed by atoms with Gasteiger partial charge in [-0.3, -0.25) is 4.98 Å². The summed E-state index contributed by atoms with van der Waals surface area (Å²) in [6.07, 6.45) is 1.59. The number of nitrogens with zero attached hydrogens (tertiary/aromatic N) is 5. The Balaban J connectivity index is 1.87. The topological polar surface area (TPSA) is 137 Å². The van der Waals surface area contributed by atoms with Crippen LogP contribution in [-0.2, 0) is 6.54 Å². The van der Waals surface area contributed by atoms with E-state index in [2.05, 4.69) is 31.5 Å². The maximum Gasteiger partial charge on any atom is 0.221 e.